The summed E-state index contributed by atoms with van der Waals surface area (Å²) in [6.45, 7) is 1.21. The minimum atomic E-state index is -1.88. The number of amides is 14. The Balaban J connectivity index is 1.63. The molecule has 45 nitrogen and oxygen atoms in total. The number of unbranched alkanes of at least 4 members (excludes halogenated alkanes) is 1. The number of carboxylic acids is 1. The number of hydrogen-bond donors (Lipinski definition) is 19. The van der Waals surface area contributed by atoms with Gasteiger partial charge in [0, 0.05) is 62.9 Å². The van der Waals surface area contributed by atoms with E-state index in [0.29, 0.717) is 58.4 Å². The van der Waals surface area contributed by atoms with Gasteiger partial charge in [-0.05, 0) is 43.2 Å². The van der Waals surface area contributed by atoms with Crippen molar-refractivity contribution in [2.24, 2.45) is 27.3 Å². The number of thioether (sulfide) groups is 1. The van der Waals surface area contributed by atoms with E-state index in [-0.39, 0.29) is 167 Å². The van der Waals surface area contributed by atoms with Gasteiger partial charge in [0.1, 0.15) is 68.7 Å². The van der Waals surface area contributed by atoms with Crippen LogP contribution >= 0.6 is 37.0 Å². The van der Waals surface area contributed by atoms with Crippen LogP contribution in [0.3, 0.4) is 0 Å². The second kappa shape index (κ2) is 68.3. The van der Waals surface area contributed by atoms with Gasteiger partial charge in [0.2, 0.25) is 76.8 Å². The first-order valence-electron chi connectivity index (χ1n) is 39.5. The Morgan fingerprint density at radius 3 is 1.36 bits per heavy atom. The van der Waals surface area contributed by atoms with Crippen LogP contribution in [0.1, 0.15) is 49.7 Å². The molecule has 48 heteroatoms. The maximum atomic E-state index is 14.6. The van der Waals surface area contributed by atoms with Crippen LogP contribution in [-0.2, 0) is 131 Å². The molecule has 688 valence electrons. The molecule has 123 heavy (non-hydrogen) atoms. The first-order valence-corrected chi connectivity index (χ1v) is 41.9. The zero-order valence-corrected chi connectivity index (χ0v) is 71.1. The number of hydrogen-bond acceptors (Lipinski definition) is 31. The van der Waals surface area contributed by atoms with Crippen LogP contribution in [-0.4, -0.2) is 356 Å². The highest BCUT2D eigenvalue weighted by molar-refractivity contribution is 8.00. The van der Waals surface area contributed by atoms with E-state index < -0.39 is 169 Å². The van der Waals surface area contributed by atoms with Crippen molar-refractivity contribution in [1.29, 1.82) is 0 Å². The average molecular weight is 1800 g/mol. The van der Waals surface area contributed by atoms with Gasteiger partial charge in [-0.25, -0.2) is 0 Å². The summed E-state index contributed by atoms with van der Waals surface area (Å²) in [5.74, 6) is -14.7. The molecule has 14 amide bonds. The van der Waals surface area contributed by atoms with Crippen molar-refractivity contribution in [3.8, 4) is 0 Å². The van der Waals surface area contributed by atoms with Crippen LogP contribution in [0.5, 0.6) is 0 Å². The highest BCUT2D eigenvalue weighted by atomic mass is 32.2. The van der Waals surface area contributed by atoms with E-state index in [1.165, 1.54) is 6.21 Å². The summed E-state index contributed by atoms with van der Waals surface area (Å²) in [6, 6.07) is 6.79. The molecule has 20 N–H and O–H groups in total. The summed E-state index contributed by atoms with van der Waals surface area (Å²) in [6.07, 6.45) is 0.407. The van der Waals surface area contributed by atoms with Gasteiger partial charge in [-0.1, -0.05) is 65.8 Å². The summed E-state index contributed by atoms with van der Waals surface area (Å²) >= 11 is 9.38. The van der Waals surface area contributed by atoms with E-state index in [0.717, 1.165) is 17.3 Å². The molecule has 1 aliphatic heterocycles. The fourth-order valence-corrected chi connectivity index (χ4v) is 11.6. The lowest BCUT2D eigenvalue weighted by Crippen LogP contribution is -2.60. The highest BCUT2D eigenvalue weighted by Gasteiger charge is 2.34. The molecule has 1 aliphatic rings. The summed E-state index contributed by atoms with van der Waals surface area (Å²) in [5.41, 5.74) is 17.3. The number of carbonyl (C=O) groups excluding carboxylic acids is 14. The van der Waals surface area contributed by atoms with Crippen LogP contribution < -0.4 is 86.3 Å². The quantitative estimate of drug-likeness (QED) is 0.00962. The van der Waals surface area contributed by atoms with Gasteiger partial charge in [-0.2, -0.15) is 25.3 Å². The van der Waals surface area contributed by atoms with Gasteiger partial charge in [0.05, 0.1) is 131 Å². The van der Waals surface area contributed by atoms with E-state index in [9.17, 15) is 77.0 Å². The molecule has 1 fully saturated rings. The number of aliphatic imine (C=N–C) groups is 1. The third kappa shape index (κ3) is 54.9. The number of ether oxygens (including phenoxy) is 10. The Morgan fingerprint density at radius 1 is 0.447 bits per heavy atom. The number of nitrogens with one attached hydrogen (secondary N) is 13. The van der Waals surface area contributed by atoms with Gasteiger partial charge in [-0.15, -0.1) is 11.8 Å². The number of guanidine groups is 1. The monoisotopic (exact) mass is 1800 g/mol. The number of primary amides is 1. The Morgan fingerprint density at radius 2 is 0.862 bits per heavy atom. The molecule has 0 radical (unpaired) electrons. The fraction of sp³-hybridized carbons (Fsp3) is 0.613. The van der Waals surface area contributed by atoms with Crippen molar-refractivity contribution >= 4 is 138 Å². The Kier molecular flexibility index (Phi) is 59.5. The number of nitrogens with zero attached hydrogens (tertiary/aromatic N) is 2. The number of carboxylic acid groups (broad SMARTS) is 1. The Labute approximate surface area is 726 Å². The third-order valence-corrected chi connectivity index (χ3v) is 18.1. The molecule has 0 spiro atoms. The fourth-order valence-electron chi connectivity index (χ4n) is 10.3. The minimum absolute atomic E-state index is 0.0302. The SMILES string of the molecule is NC(=O)COCC(=O)NCCOCCOCCOCCNC(=O)[C@@H]1CSCC(=O)N[C@@H](CCCCNC(=O)COCC(=O)NCCOCCOCCOCCOCCOCCNC(=O)CO/N=C/c2ccccc2)C(=O)N[C@@H](CS)C(=O)N[C@@H](CCCN=C(N)N)C(=O)NCC(=O)N[C@@H](CC(=O)O)C(=O)N[C@@H](CS)C(=O)N[C@@H](Cc2ccccc2)C(=O)N1. The smallest absolute Gasteiger partial charge is 0.305 e. The molecule has 1 heterocycles. The first kappa shape index (κ1) is 107. The predicted octanol–water partition coefficient (Wildman–Crippen LogP) is -7.67. The van der Waals surface area contributed by atoms with E-state index in [1.807, 2.05) is 30.3 Å². The van der Waals surface area contributed by atoms with Crippen molar-refractivity contribution in [2.75, 3.05) is 208 Å². The van der Waals surface area contributed by atoms with Crippen LogP contribution in [0.15, 0.2) is 70.8 Å². The van der Waals surface area contributed by atoms with Crippen molar-refractivity contribution in [3.05, 3.63) is 71.8 Å². The molecular weight excluding hydrogens is 1680 g/mol. The van der Waals surface area contributed by atoms with Crippen molar-refractivity contribution in [2.45, 2.75) is 87.2 Å². The van der Waals surface area contributed by atoms with Crippen LogP contribution in [0.25, 0.3) is 0 Å². The van der Waals surface area contributed by atoms with Crippen molar-refractivity contribution < 1.29 is 129 Å². The summed E-state index contributed by atoms with van der Waals surface area (Å²) in [7, 11) is 0. The van der Waals surface area contributed by atoms with Crippen LogP contribution in [0, 0.1) is 0 Å². The number of carbonyl (C=O) groups is 15. The van der Waals surface area contributed by atoms with E-state index in [4.69, 9.17) is 69.4 Å². The number of oxime groups is 1. The van der Waals surface area contributed by atoms with E-state index in [2.05, 4.69) is 105 Å². The van der Waals surface area contributed by atoms with Crippen LogP contribution in [0.2, 0.25) is 0 Å². The molecule has 2 aromatic rings. The average Bonchev–Trinajstić information content (AvgIpc) is 1.24. The molecule has 3 rings (SSSR count). The van der Waals surface area contributed by atoms with Crippen molar-refractivity contribution in [1.82, 2.24) is 69.1 Å². The van der Waals surface area contributed by atoms with Crippen molar-refractivity contribution in [3.63, 3.8) is 0 Å². The number of nitrogens with two attached hydrogens (primary N) is 3. The van der Waals surface area contributed by atoms with Crippen LogP contribution in [0.4, 0.5) is 0 Å². The molecule has 0 aliphatic carbocycles. The van der Waals surface area contributed by atoms with Gasteiger partial charge in [-0.3, -0.25) is 76.9 Å². The summed E-state index contributed by atoms with van der Waals surface area (Å²) in [4.78, 5) is 207. The van der Waals surface area contributed by atoms with E-state index >= 15 is 0 Å². The minimum Gasteiger partial charge on any atom is -0.481 e. The summed E-state index contributed by atoms with van der Waals surface area (Å²) < 4.78 is 54.1. The highest BCUT2D eigenvalue weighted by Crippen LogP contribution is 2.12. The number of benzene rings is 2. The Hall–Kier alpha value is -10.1. The maximum absolute atomic E-state index is 14.6. The molecule has 1 saturated heterocycles. The number of thiol groups is 2. The molecule has 2 aromatic carbocycles. The molecule has 0 bridgehead atoms. The zero-order chi connectivity index (χ0) is 89.9. The molecular formula is C75H118N18O27S3. The molecule has 0 unspecified atom stereocenters. The standard InChI is InChI=1S/C75H118N18O27S3/c76-60(94)42-118-43-63(97)80-18-22-110-26-30-114-33-29-113-25-21-83-69(104)59-49-123-50-66(100)87-54(14-7-8-16-79-62(96)44-119-45-64(98)81-19-23-111-27-31-115-34-36-117-37-35-116-32-28-112-24-20-82-65(99)46-120-86-40-52-12-5-2-6-13-52)70(105)91-57(47-121)73(108)89-53(15-9-17-84-75(77)78)68(103)85-41-61(95)88-56(39-67(101)102)72(107)92-58(48-122)74(109)90-55(71(106)93-59)38-51-10-3-1-4-11-51/h1-6,10-13,40,53-59,121-122H,7-9,14-39,41-50H2,(H2,76,94)(H,79,96)(H,80,97)(H,81,98)(H,82,99)(H,83,104)(H,85,103)(H,87,100)(H,88,95)(H,89,108)(H,90,109)(H,91,105)(H,92,107)(H,93,106)(H,101,102)(H4,77,78,84)/b86-40+/t53-,54-,55-,56-,57-,58-,59-/m0/s1. The maximum Gasteiger partial charge on any atom is 0.305 e. The summed E-state index contributed by atoms with van der Waals surface area (Å²) in [5, 5.41) is 46.5. The van der Waals surface area contributed by atoms with Gasteiger partial charge in [0.15, 0.2) is 12.6 Å². The Bertz CT molecular complexity index is 3570. The molecule has 7 atom stereocenters. The lowest BCUT2D eigenvalue weighted by Gasteiger charge is -2.26. The second-order valence-electron chi connectivity index (χ2n) is 26.3. The second-order valence-corrected chi connectivity index (χ2v) is 28.1. The predicted molar refractivity (Wildman–Crippen MR) is 450 cm³/mol. The lowest BCUT2D eigenvalue weighted by atomic mass is 10.0. The number of rotatable bonds is 58. The lowest BCUT2D eigenvalue weighted by molar-refractivity contribution is -0.141. The third-order valence-electron chi connectivity index (χ3n) is 16.3. The van der Waals surface area contributed by atoms with Gasteiger partial charge in [0.25, 0.3) is 5.91 Å². The normalized spacial score (nSPS) is 18.0. The largest absolute Gasteiger partial charge is 0.481 e. The van der Waals surface area contributed by atoms with Gasteiger partial charge < -0.3 is 144 Å². The van der Waals surface area contributed by atoms with E-state index in [1.54, 1.807) is 30.3 Å². The van der Waals surface area contributed by atoms with Gasteiger partial charge >= 0.3 is 5.97 Å². The molecule has 0 saturated carbocycles. The molecule has 0 aromatic heterocycles. The zero-order valence-electron chi connectivity index (χ0n) is 68.5. The topological polar surface area (TPSA) is 637 Å². The first-order chi connectivity index (χ1) is 59.4. The number of aliphatic carboxylic acids is 1.